The molecule has 18 heavy (non-hydrogen) atoms. The van der Waals surface area contributed by atoms with Crippen LogP contribution in [0, 0.1) is 0 Å². The molecule has 96 valence electrons. The SMILES string of the molecule is CC(C)NCCNC(=O)c1cccc2[nH]ccc12. The number of carbonyl (C=O) groups excluding carboxylic acids is 1. The number of H-pyrrole nitrogens is 1. The van der Waals surface area contributed by atoms with E-state index in [0.29, 0.717) is 12.6 Å². The van der Waals surface area contributed by atoms with E-state index in [1.807, 2.05) is 30.5 Å². The van der Waals surface area contributed by atoms with Crippen molar-refractivity contribution in [3.8, 4) is 0 Å². The van der Waals surface area contributed by atoms with E-state index in [1.54, 1.807) is 0 Å². The van der Waals surface area contributed by atoms with Gasteiger partial charge in [0.05, 0.1) is 0 Å². The normalized spacial score (nSPS) is 11.1. The Hall–Kier alpha value is -1.81. The molecule has 0 saturated heterocycles. The second kappa shape index (κ2) is 5.69. The Labute approximate surface area is 107 Å². The lowest BCUT2D eigenvalue weighted by molar-refractivity contribution is 0.0955. The molecule has 4 heteroatoms. The van der Waals surface area contributed by atoms with Gasteiger partial charge in [-0.05, 0) is 18.2 Å². The Morgan fingerprint density at radius 3 is 2.89 bits per heavy atom. The smallest absolute Gasteiger partial charge is 0.252 e. The summed E-state index contributed by atoms with van der Waals surface area (Å²) in [5, 5.41) is 7.15. The van der Waals surface area contributed by atoms with Crippen molar-refractivity contribution in [3.05, 3.63) is 36.0 Å². The van der Waals surface area contributed by atoms with E-state index in [2.05, 4.69) is 29.5 Å². The van der Waals surface area contributed by atoms with Crippen LogP contribution >= 0.6 is 0 Å². The minimum atomic E-state index is -0.0224. The Balaban J connectivity index is 1.98. The predicted molar refractivity (Wildman–Crippen MR) is 73.8 cm³/mol. The first kappa shape index (κ1) is 12.6. The maximum Gasteiger partial charge on any atom is 0.252 e. The molecule has 0 fully saturated rings. The third-order valence-corrected chi connectivity index (χ3v) is 2.80. The van der Waals surface area contributed by atoms with E-state index >= 15 is 0 Å². The topological polar surface area (TPSA) is 56.9 Å². The van der Waals surface area contributed by atoms with Gasteiger partial charge in [-0.2, -0.15) is 0 Å². The third-order valence-electron chi connectivity index (χ3n) is 2.80. The van der Waals surface area contributed by atoms with Crippen LogP contribution in [-0.2, 0) is 0 Å². The van der Waals surface area contributed by atoms with Crippen LogP contribution in [-0.4, -0.2) is 30.0 Å². The Morgan fingerprint density at radius 2 is 2.11 bits per heavy atom. The van der Waals surface area contributed by atoms with Gasteiger partial charge in [0.2, 0.25) is 0 Å². The second-order valence-electron chi connectivity index (χ2n) is 4.61. The van der Waals surface area contributed by atoms with Gasteiger partial charge in [-0.1, -0.05) is 19.9 Å². The fraction of sp³-hybridized carbons (Fsp3) is 0.357. The highest BCUT2D eigenvalue weighted by atomic mass is 16.1. The van der Waals surface area contributed by atoms with Crippen LogP contribution in [0.25, 0.3) is 10.9 Å². The zero-order chi connectivity index (χ0) is 13.0. The average molecular weight is 245 g/mol. The number of aromatic nitrogens is 1. The molecule has 4 nitrogen and oxygen atoms in total. The summed E-state index contributed by atoms with van der Waals surface area (Å²) in [6, 6.07) is 8.07. The van der Waals surface area contributed by atoms with Crippen molar-refractivity contribution in [2.75, 3.05) is 13.1 Å². The molecule has 1 heterocycles. The van der Waals surface area contributed by atoms with Crippen LogP contribution in [0.15, 0.2) is 30.5 Å². The van der Waals surface area contributed by atoms with Gasteiger partial charge in [0.25, 0.3) is 5.91 Å². The first-order valence-corrected chi connectivity index (χ1v) is 6.26. The number of aromatic amines is 1. The molecule has 1 aromatic carbocycles. The lowest BCUT2D eigenvalue weighted by Crippen LogP contribution is -2.34. The van der Waals surface area contributed by atoms with E-state index < -0.39 is 0 Å². The molecular weight excluding hydrogens is 226 g/mol. The molecule has 0 bridgehead atoms. The molecule has 0 atom stereocenters. The molecule has 1 aromatic heterocycles. The quantitative estimate of drug-likeness (QED) is 0.705. The van der Waals surface area contributed by atoms with Gasteiger partial charge in [0.15, 0.2) is 0 Å². The van der Waals surface area contributed by atoms with Crippen molar-refractivity contribution < 1.29 is 4.79 Å². The van der Waals surface area contributed by atoms with Gasteiger partial charge in [0.1, 0.15) is 0 Å². The fourth-order valence-electron chi connectivity index (χ4n) is 1.92. The largest absolute Gasteiger partial charge is 0.361 e. The number of benzene rings is 1. The molecule has 0 aliphatic rings. The zero-order valence-corrected chi connectivity index (χ0v) is 10.8. The molecule has 0 unspecified atom stereocenters. The highest BCUT2D eigenvalue weighted by Gasteiger charge is 2.09. The van der Waals surface area contributed by atoms with Gasteiger partial charge >= 0.3 is 0 Å². The van der Waals surface area contributed by atoms with Gasteiger partial charge in [-0.3, -0.25) is 4.79 Å². The van der Waals surface area contributed by atoms with E-state index in [9.17, 15) is 4.79 Å². The predicted octanol–water partition coefficient (Wildman–Crippen LogP) is 1.90. The van der Waals surface area contributed by atoms with Crippen LogP contribution in [0.3, 0.4) is 0 Å². The van der Waals surface area contributed by atoms with Gasteiger partial charge < -0.3 is 15.6 Å². The van der Waals surface area contributed by atoms with Crippen LogP contribution in [0.1, 0.15) is 24.2 Å². The molecule has 0 radical (unpaired) electrons. The van der Waals surface area contributed by atoms with E-state index in [0.717, 1.165) is 23.0 Å². The lowest BCUT2D eigenvalue weighted by atomic mass is 10.1. The molecule has 0 spiro atoms. The highest BCUT2D eigenvalue weighted by molar-refractivity contribution is 6.06. The number of fused-ring (bicyclic) bond motifs is 1. The van der Waals surface area contributed by atoms with Crippen molar-refractivity contribution in [1.82, 2.24) is 15.6 Å². The monoisotopic (exact) mass is 245 g/mol. The van der Waals surface area contributed by atoms with Gasteiger partial charge in [0, 0.05) is 41.8 Å². The highest BCUT2D eigenvalue weighted by Crippen LogP contribution is 2.16. The maximum atomic E-state index is 12.0. The number of amides is 1. The number of nitrogens with one attached hydrogen (secondary N) is 3. The summed E-state index contributed by atoms with van der Waals surface area (Å²) in [4.78, 5) is 15.2. The van der Waals surface area contributed by atoms with Crippen LogP contribution < -0.4 is 10.6 Å². The number of hydrogen-bond acceptors (Lipinski definition) is 2. The Morgan fingerprint density at radius 1 is 1.28 bits per heavy atom. The van der Waals surface area contributed by atoms with E-state index in [1.165, 1.54) is 0 Å². The summed E-state index contributed by atoms with van der Waals surface area (Å²) in [6.07, 6.45) is 1.85. The first-order valence-electron chi connectivity index (χ1n) is 6.26. The summed E-state index contributed by atoms with van der Waals surface area (Å²) in [5.74, 6) is -0.0224. The summed E-state index contributed by atoms with van der Waals surface area (Å²) >= 11 is 0. The summed E-state index contributed by atoms with van der Waals surface area (Å²) in [5.41, 5.74) is 1.71. The summed E-state index contributed by atoms with van der Waals surface area (Å²) < 4.78 is 0. The van der Waals surface area contributed by atoms with Crippen molar-refractivity contribution in [3.63, 3.8) is 0 Å². The fourth-order valence-corrected chi connectivity index (χ4v) is 1.92. The van der Waals surface area contributed by atoms with E-state index in [4.69, 9.17) is 0 Å². The van der Waals surface area contributed by atoms with Crippen LogP contribution in [0.5, 0.6) is 0 Å². The van der Waals surface area contributed by atoms with Crippen molar-refractivity contribution in [1.29, 1.82) is 0 Å². The lowest BCUT2D eigenvalue weighted by Gasteiger charge is -2.09. The average Bonchev–Trinajstić information content (AvgIpc) is 2.82. The third kappa shape index (κ3) is 2.90. The molecule has 0 aliphatic heterocycles. The maximum absolute atomic E-state index is 12.0. The first-order chi connectivity index (χ1) is 8.68. The molecule has 1 amide bonds. The molecule has 2 aromatic rings. The Bertz CT molecular complexity index is 531. The molecule has 0 saturated carbocycles. The minimum Gasteiger partial charge on any atom is -0.361 e. The van der Waals surface area contributed by atoms with Gasteiger partial charge in [-0.25, -0.2) is 0 Å². The summed E-state index contributed by atoms with van der Waals surface area (Å²) in [6.45, 7) is 5.59. The summed E-state index contributed by atoms with van der Waals surface area (Å²) in [7, 11) is 0. The standard InChI is InChI=1S/C14H19N3O/c1-10(2)15-8-9-17-14(18)12-4-3-5-13-11(12)6-7-16-13/h3-7,10,15-16H,8-9H2,1-2H3,(H,17,18). The van der Waals surface area contributed by atoms with Crippen LogP contribution in [0.4, 0.5) is 0 Å². The number of carbonyl (C=O) groups is 1. The van der Waals surface area contributed by atoms with E-state index in [-0.39, 0.29) is 5.91 Å². The minimum absolute atomic E-state index is 0.0224. The molecule has 2 rings (SSSR count). The van der Waals surface area contributed by atoms with Crippen molar-refractivity contribution >= 4 is 16.8 Å². The number of hydrogen-bond donors (Lipinski definition) is 3. The van der Waals surface area contributed by atoms with Crippen molar-refractivity contribution in [2.45, 2.75) is 19.9 Å². The number of rotatable bonds is 5. The second-order valence-corrected chi connectivity index (χ2v) is 4.61. The van der Waals surface area contributed by atoms with Crippen LogP contribution in [0.2, 0.25) is 0 Å². The zero-order valence-electron chi connectivity index (χ0n) is 10.8. The molecule has 0 aliphatic carbocycles. The van der Waals surface area contributed by atoms with Crippen molar-refractivity contribution in [2.24, 2.45) is 0 Å². The molecule has 3 N–H and O–H groups in total. The Kier molecular flexibility index (Phi) is 3.99. The molecular formula is C14H19N3O. The van der Waals surface area contributed by atoms with Gasteiger partial charge in [-0.15, -0.1) is 0 Å².